The standard InChI is InChI=1S/C13H24O3Si/c1-8-15-12(14)10-9-11(2)16-17(6,7)13(3,4)5/h11H,8H2,1-7H3. The molecule has 0 bridgehead atoms. The largest absolute Gasteiger partial charge is 0.456 e. The molecule has 0 aliphatic heterocycles. The summed E-state index contributed by atoms with van der Waals surface area (Å²) in [6, 6.07) is 0. The van der Waals surface area contributed by atoms with Crippen molar-refractivity contribution in [3.63, 3.8) is 0 Å². The Labute approximate surface area is 106 Å². The van der Waals surface area contributed by atoms with Crippen molar-refractivity contribution in [2.75, 3.05) is 6.61 Å². The molecular formula is C13H24O3Si. The van der Waals surface area contributed by atoms with Crippen LogP contribution in [0.2, 0.25) is 18.1 Å². The van der Waals surface area contributed by atoms with Crippen LogP contribution in [0, 0.1) is 11.8 Å². The molecule has 0 aliphatic rings. The zero-order valence-corrected chi connectivity index (χ0v) is 13.0. The van der Waals surface area contributed by atoms with Crippen LogP contribution in [0.4, 0.5) is 0 Å². The van der Waals surface area contributed by atoms with Gasteiger partial charge < -0.3 is 9.16 Å². The maximum absolute atomic E-state index is 11.1. The average Bonchev–Trinajstić information content (AvgIpc) is 2.12. The van der Waals surface area contributed by atoms with Crippen molar-refractivity contribution < 1.29 is 14.0 Å². The summed E-state index contributed by atoms with van der Waals surface area (Å²) in [5.74, 6) is 4.74. The molecule has 0 aromatic rings. The van der Waals surface area contributed by atoms with E-state index in [-0.39, 0.29) is 11.1 Å². The summed E-state index contributed by atoms with van der Waals surface area (Å²) in [7, 11) is -1.81. The lowest BCUT2D eigenvalue weighted by Crippen LogP contribution is -2.43. The van der Waals surface area contributed by atoms with E-state index in [4.69, 9.17) is 9.16 Å². The van der Waals surface area contributed by atoms with Gasteiger partial charge in [-0.1, -0.05) is 26.7 Å². The van der Waals surface area contributed by atoms with Gasteiger partial charge in [0.25, 0.3) is 0 Å². The second kappa shape index (κ2) is 6.22. The van der Waals surface area contributed by atoms with Gasteiger partial charge in [-0.15, -0.1) is 0 Å². The van der Waals surface area contributed by atoms with Gasteiger partial charge >= 0.3 is 5.97 Å². The van der Waals surface area contributed by atoms with Crippen molar-refractivity contribution >= 4 is 14.3 Å². The second-order valence-corrected chi connectivity index (χ2v) is 10.3. The molecule has 0 fully saturated rings. The third-order valence-electron chi connectivity index (χ3n) is 2.93. The monoisotopic (exact) mass is 256 g/mol. The molecule has 0 aromatic heterocycles. The molecule has 0 amide bonds. The van der Waals surface area contributed by atoms with Gasteiger partial charge in [-0.3, -0.25) is 0 Å². The van der Waals surface area contributed by atoms with Crippen LogP contribution in [0.15, 0.2) is 0 Å². The minimum Gasteiger partial charge on any atom is -0.456 e. The zero-order valence-electron chi connectivity index (χ0n) is 12.0. The van der Waals surface area contributed by atoms with Gasteiger partial charge in [0.05, 0.1) is 6.61 Å². The lowest BCUT2D eigenvalue weighted by molar-refractivity contribution is -0.136. The fourth-order valence-corrected chi connectivity index (χ4v) is 2.27. The number of carbonyl (C=O) groups excluding carboxylic acids is 1. The Kier molecular flexibility index (Phi) is 5.93. The molecule has 0 rings (SSSR count). The first-order chi connectivity index (χ1) is 7.60. The molecule has 0 aromatic carbocycles. The fourth-order valence-electron chi connectivity index (χ4n) is 0.976. The summed E-state index contributed by atoms with van der Waals surface area (Å²) in [5.41, 5.74) is 0. The summed E-state index contributed by atoms with van der Waals surface area (Å²) in [6.07, 6.45) is -0.236. The van der Waals surface area contributed by atoms with Crippen LogP contribution < -0.4 is 0 Å². The highest BCUT2D eigenvalue weighted by atomic mass is 28.4. The van der Waals surface area contributed by atoms with Crippen LogP contribution in [0.25, 0.3) is 0 Å². The quantitative estimate of drug-likeness (QED) is 0.337. The molecule has 98 valence electrons. The Morgan fingerprint density at radius 2 is 1.88 bits per heavy atom. The fraction of sp³-hybridized carbons (Fsp3) is 0.769. The molecule has 1 unspecified atom stereocenters. The van der Waals surface area contributed by atoms with Crippen LogP contribution in [0.1, 0.15) is 34.6 Å². The minimum atomic E-state index is -1.81. The van der Waals surface area contributed by atoms with E-state index in [0.717, 1.165) is 0 Å². The van der Waals surface area contributed by atoms with E-state index < -0.39 is 14.3 Å². The van der Waals surface area contributed by atoms with Gasteiger partial charge in [0.15, 0.2) is 8.32 Å². The van der Waals surface area contributed by atoms with Crippen molar-refractivity contribution in [2.24, 2.45) is 0 Å². The number of esters is 1. The van der Waals surface area contributed by atoms with Crippen LogP contribution in [-0.2, 0) is 14.0 Å². The van der Waals surface area contributed by atoms with E-state index in [1.807, 2.05) is 6.92 Å². The summed E-state index contributed by atoms with van der Waals surface area (Å²) < 4.78 is 10.7. The van der Waals surface area contributed by atoms with E-state index in [0.29, 0.717) is 6.61 Å². The van der Waals surface area contributed by atoms with E-state index in [1.54, 1.807) is 6.92 Å². The summed E-state index contributed by atoms with van der Waals surface area (Å²) in [5, 5.41) is 0.146. The van der Waals surface area contributed by atoms with Gasteiger partial charge in [-0.2, -0.15) is 0 Å². The Balaban J connectivity index is 4.46. The Bertz CT molecular complexity index is 318. The maximum atomic E-state index is 11.1. The highest BCUT2D eigenvalue weighted by Gasteiger charge is 2.38. The first kappa shape index (κ1) is 16.2. The summed E-state index contributed by atoms with van der Waals surface area (Å²) in [4.78, 5) is 11.1. The molecule has 0 radical (unpaired) electrons. The minimum absolute atomic E-state index is 0.146. The van der Waals surface area contributed by atoms with Gasteiger partial charge in [0.1, 0.15) is 6.10 Å². The van der Waals surface area contributed by atoms with Crippen LogP contribution in [0.5, 0.6) is 0 Å². The Morgan fingerprint density at radius 1 is 1.35 bits per heavy atom. The van der Waals surface area contributed by atoms with Crippen molar-refractivity contribution in [1.82, 2.24) is 0 Å². The van der Waals surface area contributed by atoms with E-state index in [9.17, 15) is 4.79 Å². The molecule has 1 atom stereocenters. The number of hydrogen-bond acceptors (Lipinski definition) is 3. The van der Waals surface area contributed by atoms with E-state index in [1.165, 1.54) is 0 Å². The molecule has 0 saturated carbocycles. The predicted octanol–water partition coefficient (Wildman–Crippen LogP) is 2.96. The maximum Gasteiger partial charge on any atom is 0.384 e. The average molecular weight is 256 g/mol. The predicted molar refractivity (Wildman–Crippen MR) is 72.2 cm³/mol. The Hall–Kier alpha value is -0.793. The van der Waals surface area contributed by atoms with E-state index in [2.05, 4.69) is 45.7 Å². The Morgan fingerprint density at radius 3 is 2.29 bits per heavy atom. The van der Waals surface area contributed by atoms with Gasteiger partial charge in [0, 0.05) is 5.92 Å². The van der Waals surface area contributed by atoms with Gasteiger partial charge in [-0.05, 0) is 32.0 Å². The number of hydrogen-bond donors (Lipinski definition) is 0. The van der Waals surface area contributed by atoms with Crippen LogP contribution in [-0.4, -0.2) is 27.0 Å². The van der Waals surface area contributed by atoms with Crippen molar-refractivity contribution in [3.8, 4) is 11.8 Å². The molecule has 0 spiro atoms. The number of ether oxygens (including phenoxy) is 1. The lowest BCUT2D eigenvalue weighted by atomic mass is 10.2. The summed E-state index contributed by atoms with van der Waals surface area (Å²) >= 11 is 0. The van der Waals surface area contributed by atoms with Crippen LogP contribution in [0.3, 0.4) is 0 Å². The lowest BCUT2D eigenvalue weighted by Gasteiger charge is -2.37. The molecule has 3 nitrogen and oxygen atoms in total. The summed E-state index contributed by atoms with van der Waals surface area (Å²) in [6.45, 7) is 14.8. The molecule has 0 N–H and O–H groups in total. The van der Waals surface area contributed by atoms with E-state index >= 15 is 0 Å². The first-order valence-corrected chi connectivity index (χ1v) is 8.87. The van der Waals surface area contributed by atoms with Crippen LogP contribution >= 0.6 is 0 Å². The topological polar surface area (TPSA) is 35.5 Å². The third kappa shape index (κ3) is 5.90. The molecule has 0 aliphatic carbocycles. The van der Waals surface area contributed by atoms with Crippen molar-refractivity contribution in [1.29, 1.82) is 0 Å². The number of carbonyl (C=O) groups is 1. The van der Waals surface area contributed by atoms with Gasteiger partial charge in [-0.25, -0.2) is 4.79 Å². The molecule has 17 heavy (non-hydrogen) atoms. The SMILES string of the molecule is CCOC(=O)C#CC(C)O[Si](C)(C)C(C)(C)C. The molecule has 0 saturated heterocycles. The first-order valence-electron chi connectivity index (χ1n) is 5.96. The smallest absolute Gasteiger partial charge is 0.384 e. The third-order valence-corrected chi connectivity index (χ3v) is 7.49. The molecular weight excluding hydrogens is 232 g/mol. The normalized spacial score (nSPS) is 13.6. The van der Waals surface area contributed by atoms with Crippen molar-refractivity contribution in [3.05, 3.63) is 0 Å². The number of rotatable bonds is 3. The van der Waals surface area contributed by atoms with Crippen molar-refractivity contribution in [2.45, 2.75) is 58.9 Å². The highest BCUT2D eigenvalue weighted by molar-refractivity contribution is 6.74. The van der Waals surface area contributed by atoms with Gasteiger partial charge in [0.2, 0.25) is 0 Å². The second-order valence-electron chi connectivity index (χ2n) is 5.51. The molecule has 4 heteroatoms. The highest BCUT2D eigenvalue weighted by Crippen LogP contribution is 2.37. The molecule has 0 heterocycles. The zero-order chi connectivity index (χ0) is 13.7.